The van der Waals surface area contributed by atoms with Crippen molar-refractivity contribution in [3.05, 3.63) is 0 Å². The zero-order valence-corrected chi connectivity index (χ0v) is 18.1. The summed E-state index contributed by atoms with van der Waals surface area (Å²) in [5.74, 6) is -1.20. The second-order valence-corrected chi connectivity index (χ2v) is 12.0. The Balaban J connectivity index is 4.23. The van der Waals surface area contributed by atoms with Gasteiger partial charge in [-0.1, -0.05) is 34.1 Å². The van der Waals surface area contributed by atoms with Crippen molar-refractivity contribution in [2.24, 2.45) is 0 Å². The topological polar surface area (TPSA) is 104 Å². The molecule has 0 aromatic rings. The van der Waals surface area contributed by atoms with Crippen molar-refractivity contribution in [3.8, 4) is 0 Å². The van der Waals surface area contributed by atoms with Crippen molar-refractivity contribution in [3.63, 3.8) is 0 Å². The van der Waals surface area contributed by atoms with Crippen LogP contribution in [0.25, 0.3) is 0 Å². The molecular weight excluding hydrogens is 379 g/mol. The van der Waals surface area contributed by atoms with Crippen LogP contribution >= 0.6 is 7.37 Å². The molecule has 9 heteroatoms. The molecular formula is C17H33O7PS. The Morgan fingerprint density at radius 2 is 1.65 bits per heavy atom. The molecule has 0 aliphatic rings. The van der Waals surface area contributed by atoms with Crippen molar-refractivity contribution in [2.75, 3.05) is 30.9 Å². The molecule has 0 saturated heterocycles. The summed E-state index contributed by atoms with van der Waals surface area (Å²) in [6.45, 7) is 6.96. The van der Waals surface area contributed by atoms with E-state index in [0.717, 1.165) is 12.8 Å². The predicted molar refractivity (Wildman–Crippen MR) is 103 cm³/mol. The summed E-state index contributed by atoms with van der Waals surface area (Å²) in [6.07, 6.45) is 2.56. The maximum atomic E-state index is 12.7. The third-order valence-corrected chi connectivity index (χ3v) is 8.68. The van der Waals surface area contributed by atoms with Crippen LogP contribution < -0.4 is 0 Å². The summed E-state index contributed by atoms with van der Waals surface area (Å²) in [7, 11) is -6.31. The summed E-state index contributed by atoms with van der Waals surface area (Å²) in [5, 5.41) is 0. The lowest BCUT2D eigenvalue weighted by atomic mass is 10.2. The van der Waals surface area contributed by atoms with Gasteiger partial charge in [0, 0.05) is 24.7 Å². The first kappa shape index (κ1) is 25.3. The van der Waals surface area contributed by atoms with E-state index in [9.17, 15) is 22.6 Å². The number of hydrogen-bond donors (Lipinski definition) is 0. The number of ketones is 1. The summed E-state index contributed by atoms with van der Waals surface area (Å²) in [6, 6.07) is 0. The minimum atomic E-state index is -3.47. The molecule has 154 valence electrons. The smallest absolute Gasteiger partial charge is 0.306 e. The number of carbonyl (C=O) groups excluding carboxylic acids is 2. The van der Waals surface area contributed by atoms with Gasteiger partial charge in [0.15, 0.2) is 9.84 Å². The molecule has 0 fully saturated rings. The van der Waals surface area contributed by atoms with Crippen LogP contribution in [0.3, 0.4) is 0 Å². The number of ether oxygens (including phenoxy) is 1. The van der Waals surface area contributed by atoms with Crippen LogP contribution in [-0.2, 0) is 33.3 Å². The Labute approximate surface area is 157 Å². The lowest BCUT2D eigenvalue weighted by Crippen LogP contribution is -2.21. The standard InChI is InChI=1S/C17H33O7PS/c1-5-7-12-25(20,15(3)4)24-11-14-26(21,22)13-10-23-17(19)9-8-16(18)6-2/h15H,5-14H2,1-4H3. The Bertz CT molecular complexity index is 584. The normalized spacial score (nSPS) is 14.2. The monoisotopic (exact) mass is 412 g/mol. The molecule has 0 bridgehead atoms. The minimum Gasteiger partial charge on any atom is -0.465 e. The second kappa shape index (κ2) is 12.6. The van der Waals surface area contributed by atoms with Crippen molar-refractivity contribution in [1.82, 2.24) is 0 Å². The lowest BCUT2D eigenvalue weighted by molar-refractivity contribution is -0.144. The molecule has 0 rings (SSSR count). The van der Waals surface area contributed by atoms with Crippen molar-refractivity contribution in [1.29, 1.82) is 0 Å². The first-order chi connectivity index (χ1) is 12.1. The third kappa shape index (κ3) is 11.1. The van der Waals surface area contributed by atoms with Gasteiger partial charge in [0.2, 0.25) is 7.37 Å². The summed E-state index contributed by atoms with van der Waals surface area (Å²) < 4.78 is 47.0. The molecule has 26 heavy (non-hydrogen) atoms. The van der Waals surface area contributed by atoms with Crippen LogP contribution in [0.1, 0.15) is 59.8 Å². The van der Waals surface area contributed by atoms with Crippen molar-refractivity contribution in [2.45, 2.75) is 65.5 Å². The van der Waals surface area contributed by atoms with E-state index in [4.69, 9.17) is 9.26 Å². The summed E-state index contributed by atoms with van der Waals surface area (Å²) in [4.78, 5) is 22.6. The Kier molecular flexibility index (Phi) is 12.3. The fourth-order valence-electron chi connectivity index (χ4n) is 2.04. The Morgan fingerprint density at radius 1 is 1.04 bits per heavy atom. The van der Waals surface area contributed by atoms with Crippen LogP contribution in [0.2, 0.25) is 0 Å². The van der Waals surface area contributed by atoms with Gasteiger partial charge in [-0.25, -0.2) is 8.42 Å². The quantitative estimate of drug-likeness (QED) is 0.300. The highest BCUT2D eigenvalue weighted by atomic mass is 32.2. The molecule has 0 spiro atoms. The molecule has 1 atom stereocenters. The highest BCUT2D eigenvalue weighted by molar-refractivity contribution is 7.91. The van der Waals surface area contributed by atoms with Crippen molar-refractivity contribution >= 4 is 29.0 Å². The maximum absolute atomic E-state index is 12.7. The van der Waals surface area contributed by atoms with Gasteiger partial charge in [-0.05, 0) is 6.42 Å². The molecule has 0 aliphatic heterocycles. The number of unbranched alkanes of at least 4 members (excludes halogenated alkanes) is 1. The first-order valence-electron chi connectivity index (χ1n) is 9.17. The first-order valence-corrected chi connectivity index (χ1v) is 12.9. The highest BCUT2D eigenvalue weighted by Crippen LogP contribution is 2.52. The van der Waals surface area contributed by atoms with E-state index in [1.54, 1.807) is 6.92 Å². The minimum absolute atomic E-state index is 0.0369. The number of sulfone groups is 1. The van der Waals surface area contributed by atoms with Gasteiger partial charge in [-0.3, -0.25) is 14.2 Å². The largest absolute Gasteiger partial charge is 0.465 e. The number of esters is 1. The number of rotatable bonds is 15. The van der Waals surface area contributed by atoms with Crippen LogP contribution in [0.15, 0.2) is 0 Å². The zero-order valence-electron chi connectivity index (χ0n) is 16.4. The fourth-order valence-corrected chi connectivity index (χ4v) is 5.15. The summed E-state index contributed by atoms with van der Waals surface area (Å²) >= 11 is 0. The van der Waals surface area contributed by atoms with Gasteiger partial charge in [0.1, 0.15) is 12.4 Å². The molecule has 1 unspecified atom stereocenters. The van der Waals surface area contributed by atoms with E-state index < -0.39 is 23.2 Å². The molecule has 0 aromatic carbocycles. The molecule has 0 saturated carbocycles. The molecule has 0 aliphatic carbocycles. The van der Waals surface area contributed by atoms with Crippen LogP contribution in [0.5, 0.6) is 0 Å². The molecule has 0 aromatic heterocycles. The molecule has 7 nitrogen and oxygen atoms in total. The highest BCUT2D eigenvalue weighted by Gasteiger charge is 2.27. The third-order valence-electron chi connectivity index (χ3n) is 3.97. The van der Waals surface area contributed by atoms with Crippen LogP contribution in [0.4, 0.5) is 0 Å². The van der Waals surface area contributed by atoms with E-state index in [1.165, 1.54) is 0 Å². The average Bonchev–Trinajstić information content (AvgIpc) is 2.57. The summed E-state index contributed by atoms with van der Waals surface area (Å²) in [5.41, 5.74) is -0.149. The van der Waals surface area contributed by atoms with E-state index in [0.29, 0.717) is 12.6 Å². The number of carbonyl (C=O) groups is 2. The predicted octanol–water partition coefficient (Wildman–Crippen LogP) is 3.21. The molecule has 0 amide bonds. The van der Waals surface area contributed by atoms with Crippen LogP contribution in [-0.4, -0.2) is 56.7 Å². The van der Waals surface area contributed by atoms with E-state index >= 15 is 0 Å². The van der Waals surface area contributed by atoms with Gasteiger partial charge < -0.3 is 9.26 Å². The molecule has 0 heterocycles. The maximum Gasteiger partial charge on any atom is 0.306 e. The second-order valence-electron chi connectivity index (χ2n) is 6.49. The average molecular weight is 412 g/mol. The Hall–Kier alpha value is -0.720. The zero-order chi connectivity index (χ0) is 20.2. The SMILES string of the molecule is CCCCP(=O)(OCCS(=O)(=O)CCOC(=O)CCC(=O)CC)C(C)C. The number of hydrogen-bond acceptors (Lipinski definition) is 7. The van der Waals surface area contributed by atoms with Gasteiger partial charge in [0.25, 0.3) is 0 Å². The van der Waals surface area contributed by atoms with E-state index in [-0.39, 0.29) is 49.0 Å². The van der Waals surface area contributed by atoms with Gasteiger partial charge >= 0.3 is 5.97 Å². The lowest BCUT2D eigenvalue weighted by Gasteiger charge is -2.22. The van der Waals surface area contributed by atoms with Crippen molar-refractivity contribution < 1.29 is 31.8 Å². The molecule has 0 N–H and O–H groups in total. The van der Waals surface area contributed by atoms with Crippen LogP contribution in [0, 0.1) is 0 Å². The van der Waals surface area contributed by atoms with Gasteiger partial charge in [0.05, 0.1) is 24.5 Å². The van der Waals surface area contributed by atoms with Gasteiger partial charge in [-0.15, -0.1) is 0 Å². The molecule has 0 radical (unpaired) electrons. The number of Topliss-reactive ketones (excluding diaryl/α,β-unsaturated/α-hetero) is 1. The fraction of sp³-hybridized carbons (Fsp3) is 0.882. The van der Waals surface area contributed by atoms with E-state index in [2.05, 4.69) is 0 Å². The van der Waals surface area contributed by atoms with E-state index in [1.807, 2.05) is 20.8 Å². The van der Waals surface area contributed by atoms with Gasteiger partial charge in [-0.2, -0.15) is 0 Å². The Morgan fingerprint density at radius 3 is 2.19 bits per heavy atom.